The molecule has 0 aliphatic rings. The summed E-state index contributed by atoms with van der Waals surface area (Å²) in [6.45, 7) is 0.229. The van der Waals surface area contributed by atoms with Gasteiger partial charge in [-0.25, -0.2) is 8.78 Å². The Morgan fingerprint density at radius 3 is 2.69 bits per heavy atom. The van der Waals surface area contributed by atoms with Crippen molar-refractivity contribution in [3.63, 3.8) is 0 Å². The molecule has 1 rings (SSSR count). The van der Waals surface area contributed by atoms with Crippen LogP contribution in [0.1, 0.15) is 5.56 Å². The Kier molecular flexibility index (Phi) is 4.67. The summed E-state index contributed by atoms with van der Waals surface area (Å²) in [6, 6.07) is 2.05. The molecule has 1 N–H and O–H groups in total. The van der Waals surface area contributed by atoms with Gasteiger partial charge in [-0.2, -0.15) is 0 Å². The SMILES string of the molecule is COc1cc(F)c(CCNC(=O)Br)cc1F. The molecule has 3 nitrogen and oxygen atoms in total. The molecule has 0 aliphatic heterocycles. The summed E-state index contributed by atoms with van der Waals surface area (Å²) in [6.07, 6.45) is 0.212. The lowest BCUT2D eigenvalue weighted by molar-refractivity contribution is 0.262. The predicted octanol–water partition coefficient (Wildman–Crippen LogP) is 2.62. The fourth-order valence-corrected chi connectivity index (χ4v) is 1.41. The van der Waals surface area contributed by atoms with Gasteiger partial charge in [0.05, 0.1) is 7.11 Å². The third-order valence-corrected chi connectivity index (χ3v) is 2.26. The fourth-order valence-electron chi connectivity index (χ4n) is 1.21. The number of halogens is 3. The van der Waals surface area contributed by atoms with E-state index in [1.807, 2.05) is 0 Å². The van der Waals surface area contributed by atoms with E-state index in [-0.39, 0.29) is 29.1 Å². The second-order valence-electron chi connectivity index (χ2n) is 3.03. The van der Waals surface area contributed by atoms with Gasteiger partial charge in [-0.3, -0.25) is 4.79 Å². The molecule has 6 heteroatoms. The Balaban J connectivity index is 2.73. The number of rotatable bonds is 4. The van der Waals surface area contributed by atoms with Crippen molar-refractivity contribution >= 4 is 20.7 Å². The van der Waals surface area contributed by atoms with E-state index >= 15 is 0 Å². The van der Waals surface area contributed by atoms with Gasteiger partial charge in [0.2, 0.25) is 0 Å². The van der Waals surface area contributed by atoms with E-state index in [0.29, 0.717) is 0 Å². The molecule has 16 heavy (non-hydrogen) atoms. The maximum Gasteiger partial charge on any atom is 0.287 e. The third kappa shape index (κ3) is 3.44. The summed E-state index contributed by atoms with van der Waals surface area (Å²) in [5.74, 6) is -1.31. The van der Waals surface area contributed by atoms with E-state index in [9.17, 15) is 13.6 Å². The van der Waals surface area contributed by atoms with Crippen molar-refractivity contribution < 1.29 is 18.3 Å². The summed E-state index contributed by atoms with van der Waals surface area (Å²) in [7, 11) is 1.27. The highest BCUT2D eigenvalue weighted by molar-refractivity contribution is 9.18. The molecule has 0 saturated heterocycles. The number of benzene rings is 1. The summed E-state index contributed by atoms with van der Waals surface area (Å²) in [5, 5.41) is 2.43. The Labute approximate surface area is 99.9 Å². The maximum absolute atomic E-state index is 13.4. The molecule has 88 valence electrons. The first-order chi connectivity index (χ1) is 7.54. The zero-order valence-corrected chi connectivity index (χ0v) is 10.1. The van der Waals surface area contributed by atoms with Crippen LogP contribution in [0, 0.1) is 11.6 Å². The minimum absolute atomic E-state index is 0.134. The van der Waals surface area contributed by atoms with Gasteiger partial charge in [0.1, 0.15) is 5.82 Å². The number of carbonyl (C=O) groups is 1. The smallest absolute Gasteiger partial charge is 0.287 e. The van der Waals surface area contributed by atoms with E-state index in [4.69, 9.17) is 0 Å². The molecule has 0 radical (unpaired) electrons. The molecule has 0 unspecified atom stereocenters. The first kappa shape index (κ1) is 12.9. The number of methoxy groups -OCH3 is 1. The summed E-state index contributed by atoms with van der Waals surface area (Å²) < 4.78 is 31.2. The quantitative estimate of drug-likeness (QED) is 0.685. The number of ether oxygens (including phenoxy) is 1. The highest BCUT2D eigenvalue weighted by Gasteiger charge is 2.10. The topological polar surface area (TPSA) is 38.3 Å². The molecule has 0 saturated carbocycles. The Morgan fingerprint density at radius 2 is 2.12 bits per heavy atom. The zero-order valence-electron chi connectivity index (χ0n) is 8.52. The molecule has 0 atom stereocenters. The standard InChI is InChI=1S/C10H10BrF2NO2/c1-16-9-5-7(12)6(4-8(9)13)2-3-14-10(11)15/h4-5H,2-3H2,1H3,(H,14,15). The average Bonchev–Trinajstić information content (AvgIpc) is 2.22. The third-order valence-electron chi connectivity index (χ3n) is 1.98. The van der Waals surface area contributed by atoms with Crippen LogP contribution in [0.2, 0.25) is 0 Å². The monoisotopic (exact) mass is 293 g/mol. The minimum Gasteiger partial charge on any atom is -0.494 e. The molecular weight excluding hydrogens is 284 g/mol. The van der Waals surface area contributed by atoms with Crippen molar-refractivity contribution in [1.82, 2.24) is 5.32 Å². The van der Waals surface area contributed by atoms with Crippen molar-refractivity contribution in [3.05, 3.63) is 29.3 Å². The van der Waals surface area contributed by atoms with Gasteiger partial charge >= 0.3 is 0 Å². The molecule has 1 aromatic rings. The van der Waals surface area contributed by atoms with Gasteiger partial charge in [-0.15, -0.1) is 0 Å². The van der Waals surface area contributed by atoms with Gasteiger partial charge < -0.3 is 10.1 Å². The van der Waals surface area contributed by atoms with E-state index in [1.165, 1.54) is 7.11 Å². The molecule has 0 bridgehead atoms. The minimum atomic E-state index is -0.621. The zero-order chi connectivity index (χ0) is 12.1. The summed E-state index contributed by atoms with van der Waals surface area (Å²) in [5.41, 5.74) is 0.194. The van der Waals surface area contributed by atoms with Gasteiger partial charge in [-0.05, 0) is 18.1 Å². The molecule has 1 amide bonds. The molecule has 0 spiro atoms. The number of nitrogens with one attached hydrogen (secondary N) is 1. The summed E-state index contributed by atoms with van der Waals surface area (Å²) in [4.78, 5) is 10.1. The molecule has 0 heterocycles. The van der Waals surface area contributed by atoms with E-state index in [1.54, 1.807) is 0 Å². The van der Waals surface area contributed by atoms with Crippen LogP contribution in [0.3, 0.4) is 0 Å². The van der Waals surface area contributed by atoms with E-state index in [2.05, 4.69) is 26.0 Å². The van der Waals surface area contributed by atoms with Crippen molar-refractivity contribution in [2.75, 3.05) is 13.7 Å². The lowest BCUT2D eigenvalue weighted by Gasteiger charge is -2.07. The molecule has 1 aromatic carbocycles. The van der Waals surface area contributed by atoms with Crippen LogP contribution < -0.4 is 10.1 Å². The average molecular weight is 294 g/mol. The van der Waals surface area contributed by atoms with Crippen LogP contribution in [0.5, 0.6) is 5.75 Å². The number of hydrogen-bond acceptors (Lipinski definition) is 2. The largest absolute Gasteiger partial charge is 0.494 e. The van der Waals surface area contributed by atoms with Gasteiger partial charge in [0.25, 0.3) is 4.82 Å². The van der Waals surface area contributed by atoms with Crippen LogP contribution in [0.15, 0.2) is 12.1 Å². The highest BCUT2D eigenvalue weighted by Crippen LogP contribution is 2.21. The van der Waals surface area contributed by atoms with Crippen molar-refractivity contribution in [1.29, 1.82) is 0 Å². The highest BCUT2D eigenvalue weighted by atomic mass is 79.9. The van der Waals surface area contributed by atoms with Crippen molar-refractivity contribution in [2.24, 2.45) is 0 Å². The normalized spacial score (nSPS) is 10.0. The number of carbonyl (C=O) groups excluding carboxylic acids is 1. The first-order valence-corrected chi connectivity index (χ1v) is 5.29. The number of hydrogen-bond donors (Lipinski definition) is 1. The van der Waals surface area contributed by atoms with Gasteiger partial charge in [0, 0.05) is 28.5 Å². The lowest BCUT2D eigenvalue weighted by atomic mass is 10.1. The summed E-state index contributed by atoms with van der Waals surface area (Å²) >= 11 is 2.67. The second-order valence-corrected chi connectivity index (χ2v) is 3.75. The molecular formula is C10H10BrF2NO2. The molecule has 0 aliphatic carbocycles. The van der Waals surface area contributed by atoms with E-state index in [0.717, 1.165) is 12.1 Å². The molecule has 0 fully saturated rings. The molecule has 0 aromatic heterocycles. The van der Waals surface area contributed by atoms with Gasteiger partial charge in [0.15, 0.2) is 11.6 Å². The maximum atomic E-state index is 13.4. The Morgan fingerprint density at radius 1 is 1.44 bits per heavy atom. The van der Waals surface area contributed by atoms with Gasteiger partial charge in [-0.1, -0.05) is 0 Å². The van der Waals surface area contributed by atoms with Crippen molar-refractivity contribution in [3.8, 4) is 5.75 Å². The second kappa shape index (κ2) is 5.79. The fraction of sp³-hybridized carbons (Fsp3) is 0.300. The predicted molar refractivity (Wildman–Crippen MR) is 58.9 cm³/mol. The Hall–Kier alpha value is -1.17. The van der Waals surface area contributed by atoms with E-state index < -0.39 is 11.6 Å². The van der Waals surface area contributed by atoms with Crippen molar-refractivity contribution in [2.45, 2.75) is 6.42 Å². The Bertz CT molecular complexity index is 399. The van der Waals surface area contributed by atoms with Crippen LogP contribution in [-0.2, 0) is 6.42 Å². The number of amides is 1. The van der Waals surface area contributed by atoms with Crippen LogP contribution in [0.25, 0.3) is 0 Å². The van der Waals surface area contributed by atoms with Crippen LogP contribution in [-0.4, -0.2) is 18.5 Å². The first-order valence-electron chi connectivity index (χ1n) is 4.50. The van der Waals surface area contributed by atoms with Crippen LogP contribution >= 0.6 is 15.9 Å². The lowest BCUT2D eigenvalue weighted by Crippen LogP contribution is -2.19. The van der Waals surface area contributed by atoms with Crippen LogP contribution in [0.4, 0.5) is 13.6 Å².